The normalized spacial score (nSPS) is 12.4. The van der Waals surface area contributed by atoms with Crippen LogP contribution in [0.4, 0.5) is 24.7 Å². The number of benzene rings is 1. The van der Waals surface area contributed by atoms with Crippen LogP contribution in [0.15, 0.2) is 55.6 Å². The maximum absolute atomic E-state index is 13.8. The molecule has 0 saturated heterocycles. The number of aromatic nitrogens is 5. The molecule has 0 unspecified atom stereocenters. The van der Waals surface area contributed by atoms with Gasteiger partial charge >= 0.3 is 6.18 Å². The lowest BCUT2D eigenvalue weighted by molar-refractivity contribution is -0.141. The summed E-state index contributed by atoms with van der Waals surface area (Å²) in [6, 6.07) is 5.20. The first kappa shape index (κ1) is 28.8. The highest BCUT2D eigenvalue weighted by Crippen LogP contribution is 2.37. The molecule has 0 bridgehead atoms. The number of rotatable bonds is 12. The van der Waals surface area contributed by atoms with Gasteiger partial charge in [0.1, 0.15) is 0 Å². The van der Waals surface area contributed by atoms with Crippen molar-refractivity contribution in [1.29, 1.82) is 0 Å². The standard InChI is InChI=1S/C27H31F3N8O2/c1-4-10-37-15-21(23(36-37)27(28,29)30)22-14-34-25-24(32-8-11-38(22)25)35-19-6-7-20(18(5-2)13-19)26(39)33-9-12-40-16-17(3)31/h4,6-8,11,13-15,17H,1,5,9-10,12,16,31H2,2-3H3,(H,32,35)(H,33,39)/t17-/m0/s1. The van der Waals surface area contributed by atoms with Gasteiger partial charge in [-0.2, -0.15) is 18.3 Å². The summed E-state index contributed by atoms with van der Waals surface area (Å²) in [5.41, 5.74) is 7.06. The monoisotopic (exact) mass is 556 g/mol. The summed E-state index contributed by atoms with van der Waals surface area (Å²) in [7, 11) is 0. The summed E-state index contributed by atoms with van der Waals surface area (Å²) in [5.74, 6) is 0.120. The quantitative estimate of drug-likeness (QED) is 0.177. The molecule has 212 valence electrons. The molecule has 13 heteroatoms. The van der Waals surface area contributed by atoms with E-state index in [1.807, 2.05) is 19.9 Å². The van der Waals surface area contributed by atoms with E-state index in [1.54, 1.807) is 12.1 Å². The molecule has 4 aromatic rings. The number of imidazole rings is 1. The molecule has 0 aliphatic carbocycles. The van der Waals surface area contributed by atoms with E-state index >= 15 is 0 Å². The number of hydrogen-bond acceptors (Lipinski definition) is 7. The highest BCUT2D eigenvalue weighted by molar-refractivity contribution is 5.96. The lowest BCUT2D eigenvalue weighted by Gasteiger charge is -2.13. The first-order valence-corrected chi connectivity index (χ1v) is 12.7. The van der Waals surface area contributed by atoms with E-state index in [0.717, 1.165) is 5.56 Å². The van der Waals surface area contributed by atoms with Gasteiger partial charge in [0.05, 0.1) is 37.2 Å². The Balaban J connectivity index is 1.57. The van der Waals surface area contributed by atoms with Crippen molar-refractivity contribution in [3.05, 3.63) is 72.5 Å². The van der Waals surface area contributed by atoms with Crippen molar-refractivity contribution in [1.82, 2.24) is 29.5 Å². The van der Waals surface area contributed by atoms with Gasteiger partial charge in [-0.05, 0) is 37.1 Å². The zero-order chi connectivity index (χ0) is 28.9. The van der Waals surface area contributed by atoms with Crippen LogP contribution >= 0.6 is 0 Å². The molecule has 0 saturated carbocycles. The summed E-state index contributed by atoms with van der Waals surface area (Å²) in [6.07, 6.45) is 3.10. The van der Waals surface area contributed by atoms with Crippen LogP contribution in [0, 0.1) is 0 Å². The molecule has 10 nitrogen and oxygen atoms in total. The Morgan fingerprint density at radius 2 is 2.10 bits per heavy atom. The average Bonchev–Trinajstić information content (AvgIpc) is 3.53. The fourth-order valence-electron chi connectivity index (χ4n) is 4.17. The fourth-order valence-corrected chi connectivity index (χ4v) is 4.17. The summed E-state index contributed by atoms with van der Waals surface area (Å²) in [5, 5.41) is 9.72. The van der Waals surface area contributed by atoms with Gasteiger partial charge in [0.15, 0.2) is 17.2 Å². The number of halogens is 3. The van der Waals surface area contributed by atoms with Gasteiger partial charge in [-0.1, -0.05) is 13.0 Å². The second-order valence-electron chi connectivity index (χ2n) is 9.17. The second-order valence-corrected chi connectivity index (χ2v) is 9.17. The number of nitrogens with zero attached hydrogens (tertiary/aromatic N) is 5. The Kier molecular flexibility index (Phi) is 8.85. The van der Waals surface area contributed by atoms with Crippen LogP contribution in [0.3, 0.4) is 0 Å². The van der Waals surface area contributed by atoms with Crippen LogP contribution < -0.4 is 16.4 Å². The first-order chi connectivity index (χ1) is 19.1. The summed E-state index contributed by atoms with van der Waals surface area (Å²) < 4.78 is 49.4. The predicted octanol–water partition coefficient (Wildman–Crippen LogP) is 4.20. The Bertz CT molecular complexity index is 1490. The average molecular weight is 557 g/mol. The van der Waals surface area contributed by atoms with E-state index in [4.69, 9.17) is 10.5 Å². The van der Waals surface area contributed by atoms with Gasteiger partial charge in [0.2, 0.25) is 0 Å². The molecule has 4 N–H and O–H groups in total. The van der Waals surface area contributed by atoms with Crippen molar-refractivity contribution in [3.63, 3.8) is 0 Å². The molecule has 0 radical (unpaired) electrons. The van der Waals surface area contributed by atoms with Crippen molar-refractivity contribution >= 4 is 23.1 Å². The zero-order valence-corrected chi connectivity index (χ0v) is 22.2. The summed E-state index contributed by atoms with van der Waals surface area (Å²) >= 11 is 0. The van der Waals surface area contributed by atoms with E-state index in [1.165, 1.54) is 39.9 Å². The molecular formula is C27H31F3N8O2. The van der Waals surface area contributed by atoms with Crippen LogP contribution in [0.5, 0.6) is 0 Å². The van der Waals surface area contributed by atoms with E-state index in [0.29, 0.717) is 48.9 Å². The number of ether oxygens (including phenoxy) is 1. The number of allylic oxidation sites excluding steroid dienone is 1. The van der Waals surface area contributed by atoms with E-state index in [2.05, 4.69) is 32.3 Å². The zero-order valence-electron chi connectivity index (χ0n) is 22.2. The molecule has 0 fully saturated rings. The molecule has 0 aliphatic rings. The van der Waals surface area contributed by atoms with Crippen LogP contribution in [-0.2, 0) is 23.9 Å². The number of fused-ring (bicyclic) bond motifs is 1. The number of hydrogen-bond donors (Lipinski definition) is 3. The van der Waals surface area contributed by atoms with E-state index in [9.17, 15) is 18.0 Å². The van der Waals surface area contributed by atoms with Crippen molar-refractivity contribution in [2.45, 2.75) is 39.0 Å². The molecule has 3 heterocycles. The molecule has 0 spiro atoms. The summed E-state index contributed by atoms with van der Waals surface area (Å²) in [6.45, 7) is 8.60. The number of aryl methyl sites for hydroxylation is 1. The van der Waals surface area contributed by atoms with Gasteiger partial charge in [-0.25, -0.2) is 9.97 Å². The van der Waals surface area contributed by atoms with E-state index in [-0.39, 0.29) is 29.8 Å². The SMILES string of the molecule is C=CCn1cc(-c2cnc3c(Nc4ccc(C(=O)NCCOC[C@H](C)N)c(CC)c4)nccn23)c(C(F)(F)F)n1. The molecule has 4 rings (SSSR count). The second kappa shape index (κ2) is 12.3. The molecule has 1 amide bonds. The fraction of sp³-hybridized carbons (Fsp3) is 0.333. The summed E-state index contributed by atoms with van der Waals surface area (Å²) in [4.78, 5) is 21.4. The Labute approximate surface area is 229 Å². The molecular weight excluding hydrogens is 525 g/mol. The molecule has 3 aromatic heterocycles. The predicted molar refractivity (Wildman–Crippen MR) is 145 cm³/mol. The van der Waals surface area contributed by atoms with Crippen LogP contribution in [0.1, 0.15) is 35.5 Å². The van der Waals surface area contributed by atoms with E-state index < -0.39 is 11.9 Å². The molecule has 0 aliphatic heterocycles. The third kappa shape index (κ3) is 6.49. The number of carbonyl (C=O) groups is 1. The number of anilines is 2. The third-order valence-corrected chi connectivity index (χ3v) is 5.96. The van der Waals surface area contributed by atoms with Crippen LogP contribution in [-0.4, -0.2) is 55.9 Å². The van der Waals surface area contributed by atoms with Crippen molar-refractivity contribution in [3.8, 4) is 11.3 Å². The minimum atomic E-state index is -4.65. The highest BCUT2D eigenvalue weighted by atomic mass is 19.4. The number of amides is 1. The third-order valence-electron chi connectivity index (χ3n) is 5.96. The number of alkyl halides is 3. The van der Waals surface area contributed by atoms with Crippen LogP contribution in [0.2, 0.25) is 0 Å². The lowest BCUT2D eigenvalue weighted by atomic mass is 10.0. The smallest absolute Gasteiger partial charge is 0.378 e. The highest BCUT2D eigenvalue weighted by Gasteiger charge is 2.38. The topological polar surface area (TPSA) is 124 Å². The van der Waals surface area contributed by atoms with Crippen molar-refractivity contribution in [2.24, 2.45) is 5.73 Å². The molecule has 1 aromatic carbocycles. The van der Waals surface area contributed by atoms with Gasteiger partial charge in [-0.3, -0.25) is 13.9 Å². The molecule has 40 heavy (non-hydrogen) atoms. The van der Waals surface area contributed by atoms with Crippen molar-refractivity contribution < 1.29 is 22.7 Å². The number of nitrogens with one attached hydrogen (secondary N) is 2. The van der Waals surface area contributed by atoms with Gasteiger partial charge < -0.3 is 21.1 Å². The Morgan fingerprint density at radius 3 is 2.80 bits per heavy atom. The number of carbonyl (C=O) groups excluding carboxylic acids is 1. The number of nitrogens with two attached hydrogens (primary N) is 1. The van der Waals surface area contributed by atoms with Gasteiger partial charge in [0.25, 0.3) is 5.91 Å². The largest absolute Gasteiger partial charge is 0.435 e. The first-order valence-electron chi connectivity index (χ1n) is 12.7. The minimum Gasteiger partial charge on any atom is -0.378 e. The minimum absolute atomic E-state index is 0.0740. The maximum Gasteiger partial charge on any atom is 0.435 e. The Morgan fingerprint density at radius 1 is 1.30 bits per heavy atom. The van der Waals surface area contributed by atoms with Crippen LogP contribution in [0.25, 0.3) is 16.9 Å². The Hall–Kier alpha value is -4.23. The van der Waals surface area contributed by atoms with Gasteiger partial charge in [-0.15, -0.1) is 6.58 Å². The van der Waals surface area contributed by atoms with Crippen molar-refractivity contribution in [2.75, 3.05) is 25.1 Å². The van der Waals surface area contributed by atoms with Gasteiger partial charge in [0, 0.05) is 42.4 Å². The molecule has 1 atom stereocenters. The lowest BCUT2D eigenvalue weighted by Crippen LogP contribution is -2.30. The maximum atomic E-state index is 13.8.